The van der Waals surface area contributed by atoms with Gasteiger partial charge in [-0.25, -0.2) is 0 Å². The zero-order chi connectivity index (χ0) is 14.8. The fraction of sp³-hybridized carbons (Fsp3) is 0.0833. The lowest BCUT2D eigenvalue weighted by Gasteiger charge is -2.10. The van der Waals surface area contributed by atoms with Crippen molar-refractivity contribution in [2.24, 2.45) is 0 Å². The number of halogens is 3. The molecule has 0 saturated carbocycles. The van der Waals surface area contributed by atoms with Gasteiger partial charge in [0, 0.05) is 11.8 Å². The number of pyridine rings is 1. The number of alkyl halides is 3. The topological polar surface area (TPSA) is 56.3 Å². The molecule has 20 heavy (non-hydrogen) atoms. The van der Waals surface area contributed by atoms with E-state index in [9.17, 15) is 21.6 Å². The van der Waals surface area contributed by atoms with Crippen LogP contribution in [0.25, 0.3) is 11.3 Å². The summed E-state index contributed by atoms with van der Waals surface area (Å²) in [5, 5.41) is 0. The molecular weight excluding hydrogens is 295 g/mol. The van der Waals surface area contributed by atoms with Crippen LogP contribution in [-0.4, -0.2) is 18.9 Å². The van der Waals surface area contributed by atoms with E-state index < -0.39 is 21.4 Å². The highest BCUT2D eigenvalue weighted by Crippen LogP contribution is 2.29. The third-order valence-electron chi connectivity index (χ3n) is 2.28. The van der Waals surface area contributed by atoms with Crippen molar-refractivity contribution in [2.75, 3.05) is 0 Å². The molecule has 1 aromatic heterocycles. The third-order valence-corrected chi connectivity index (χ3v) is 3.26. The van der Waals surface area contributed by atoms with Gasteiger partial charge >= 0.3 is 15.6 Å². The number of aromatic nitrogens is 1. The van der Waals surface area contributed by atoms with Crippen LogP contribution in [0.4, 0.5) is 13.2 Å². The van der Waals surface area contributed by atoms with Crippen LogP contribution in [0.1, 0.15) is 0 Å². The zero-order valence-corrected chi connectivity index (χ0v) is 10.6. The molecule has 2 rings (SSSR count). The maximum absolute atomic E-state index is 12.2. The summed E-state index contributed by atoms with van der Waals surface area (Å²) >= 11 is 0. The number of benzene rings is 1. The van der Waals surface area contributed by atoms with E-state index in [-0.39, 0.29) is 0 Å². The molecule has 0 spiro atoms. The molecule has 0 bridgehead atoms. The highest BCUT2D eigenvalue weighted by atomic mass is 32.2. The van der Waals surface area contributed by atoms with E-state index in [0.717, 1.165) is 6.07 Å². The summed E-state index contributed by atoms with van der Waals surface area (Å²) in [5.41, 5.74) is -4.53. The second-order valence-corrected chi connectivity index (χ2v) is 5.26. The number of nitrogens with zero attached hydrogens (tertiary/aromatic N) is 1. The molecule has 0 atom stereocenters. The Morgan fingerprint density at radius 1 is 1.05 bits per heavy atom. The first-order valence-electron chi connectivity index (χ1n) is 5.32. The van der Waals surface area contributed by atoms with Gasteiger partial charge in [0.2, 0.25) is 0 Å². The highest BCUT2D eigenvalue weighted by Gasteiger charge is 2.48. The van der Waals surface area contributed by atoms with Crippen LogP contribution < -0.4 is 4.18 Å². The lowest BCUT2D eigenvalue weighted by atomic mass is 10.1. The quantitative estimate of drug-likeness (QED) is 0.646. The second-order valence-electron chi connectivity index (χ2n) is 3.73. The highest BCUT2D eigenvalue weighted by molar-refractivity contribution is 7.88. The van der Waals surface area contributed by atoms with Crippen molar-refractivity contribution in [2.45, 2.75) is 5.51 Å². The molecule has 4 nitrogen and oxygen atoms in total. The van der Waals surface area contributed by atoms with Gasteiger partial charge in [0.1, 0.15) is 5.75 Å². The Bertz CT molecular complexity index is 699. The maximum Gasteiger partial charge on any atom is 0.534 e. The van der Waals surface area contributed by atoms with Crippen LogP contribution in [0.5, 0.6) is 5.75 Å². The van der Waals surface area contributed by atoms with Crippen LogP contribution in [0, 0.1) is 0 Å². The first-order chi connectivity index (χ1) is 9.29. The van der Waals surface area contributed by atoms with Gasteiger partial charge in [0.05, 0.1) is 5.69 Å². The van der Waals surface area contributed by atoms with Crippen molar-refractivity contribution >= 4 is 10.1 Å². The van der Waals surface area contributed by atoms with Gasteiger partial charge in [-0.2, -0.15) is 21.6 Å². The first kappa shape index (κ1) is 14.3. The van der Waals surface area contributed by atoms with E-state index in [0.29, 0.717) is 11.3 Å². The normalized spacial score (nSPS) is 12.2. The van der Waals surface area contributed by atoms with E-state index in [1.165, 1.54) is 18.3 Å². The monoisotopic (exact) mass is 303 g/mol. The Kier molecular flexibility index (Phi) is 3.67. The van der Waals surface area contributed by atoms with Crippen molar-refractivity contribution in [3.8, 4) is 17.0 Å². The maximum atomic E-state index is 12.2. The van der Waals surface area contributed by atoms with Crippen LogP contribution >= 0.6 is 0 Å². The summed E-state index contributed by atoms with van der Waals surface area (Å²) in [5.74, 6) is -0.425. The molecule has 0 unspecified atom stereocenters. The van der Waals surface area contributed by atoms with Crippen molar-refractivity contribution in [1.29, 1.82) is 0 Å². The van der Waals surface area contributed by atoms with Gasteiger partial charge < -0.3 is 4.18 Å². The molecule has 2 aromatic rings. The summed E-state index contributed by atoms with van der Waals surface area (Å²) < 4.78 is 62.5. The fourth-order valence-corrected chi connectivity index (χ4v) is 1.87. The van der Waals surface area contributed by atoms with Gasteiger partial charge in [0.15, 0.2) is 0 Å². The summed E-state index contributed by atoms with van der Waals surface area (Å²) in [4.78, 5) is 4.01. The summed E-state index contributed by atoms with van der Waals surface area (Å²) in [7, 11) is -5.67. The van der Waals surface area contributed by atoms with Crippen molar-refractivity contribution in [3.63, 3.8) is 0 Å². The van der Waals surface area contributed by atoms with Gasteiger partial charge in [-0.15, -0.1) is 0 Å². The van der Waals surface area contributed by atoms with Crippen LogP contribution in [0.2, 0.25) is 0 Å². The van der Waals surface area contributed by atoms with Crippen molar-refractivity contribution in [1.82, 2.24) is 4.98 Å². The van der Waals surface area contributed by atoms with Crippen LogP contribution in [-0.2, 0) is 10.1 Å². The van der Waals surface area contributed by atoms with E-state index in [2.05, 4.69) is 9.17 Å². The molecule has 106 valence electrons. The summed E-state index contributed by atoms with van der Waals surface area (Å²) in [6.07, 6.45) is 1.51. The molecule has 0 saturated heterocycles. The Balaban J connectivity index is 2.33. The zero-order valence-electron chi connectivity index (χ0n) is 9.83. The second kappa shape index (κ2) is 5.12. The minimum absolute atomic E-state index is 0.425. The van der Waals surface area contributed by atoms with E-state index in [1.807, 2.05) is 0 Å². The Morgan fingerprint density at radius 3 is 2.40 bits per heavy atom. The minimum atomic E-state index is -5.67. The molecule has 8 heteroatoms. The predicted octanol–water partition coefficient (Wildman–Crippen LogP) is 2.98. The molecule has 0 radical (unpaired) electrons. The van der Waals surface area contributed by atoms with Gasteiger partial charge in [-0.05, 0) is 24.3 Å². The number of rotatable bonds is 3. The average Bonchev–Trinajstić information content (AvgIpc) is 2.38. The Hall–Kier alpha value is -2.09. The Labute approximate surface area is 113 Å². The third kappa shape index (κ3) is 3.08. The molecule has 1 heterocycles. The lowest BCUT2D eigenvalue weighted by molar-refractivity contribution is -0.0500. The Morgan fingerprint density at radius 2 is 1.80 bits per heavy atom. The fourth-order valence-electron chi connectivity index (χ4n) is 1.41. The smallest absolute Gasteiger partial charge is 0.376 e. The van der Waals surface area contributed by atoms with Crippen LogP contribution in [0.15, 0.2) is 48.7 Å². The largest absolute Gasteiger partial charge is 0.534 e. The lowest BCUT2D eigenvalue weighted by Crippen LogP contribution is -2.28. The van der Waals surface area contributed by atoms with Crippen LogP contribution in [0.3, 0.4) is 0 Å². The van der Waals surface area contributed by atoms with E-state index in [1.54, 1.807) is 24.3 Å². The molecule has 0 N–H and O–H groups in total. The molecular formula is C12H8F3NO3S. The standard InChI is InChI=1S/C12H8F3NO3S/c13-12(14,15)20(17,18)19-10-5-3-4-9(8-10)11-6-1-2-7-16-11/h1-8H. The molecule has 0 aliphatic rings. The molecule has 0 aliphatic carbocycles. The summed E-state index contributed by atoms with van der Waals surface area (Å²) in [6, 6.07) is 10.3. The van der Waals surface area contributed by atoms with E-state index in [4.69, 9.17) is 0 Å². The molecule has 0 amide bonds. The number of hydrogen-bond donors (Lipinski definition) is 0. The SMILES string of the molecule is O=S(=O)(Oc1cccc(-c2ccccn2)c1)C(F)(F)F. The minimum Gasteiger partial charge on any atom is -0.376 e. The van der Waals surface area contributed by atoms with Crippen molar-refractivity contribution < 1.29 is 25.8 Å². The number of hydrogen-bond acceptors (Lipinski definition) is 4. The van der Waals surface area contributed by atoms with E-state index >= 15 is 0 Å². The van der Waals surface area contributed by atoms with Gasteiger partial charge in [0.25, 0.3) is 0 Å². The van der Waals surface area contributed by atoms with Gasteiger partial charge in [-0.1, -0.05) is 18.2 Å². The first-order valence-corrected chi connectivity index (χ1v) is 6.73. The average molecular weight is 303 g/mol. The molecule has 0 fully saturated rings. The summed E-state index contributed by atoms with van der Waals surface area (Å²) in [6.45, 7) is 0. The molecule has 0 aliphatic heterocycles. The molecule has 1 aromatic carbocycles. The predicted molar refractivity (Wildman–Crippen MR) is 65.3 cm³/mol. The van der Waals surface area contributed by atoms with Gasteiger partial charge in [-0.3, -0.25) is 4.98 Å². The van der Waals surface area contributed by atoms with Crippen molar-refractivity contribution in [3.05, 3.63) is 48.7 Å².